The molecule has 110 valence electrons. The highest BCUT2D eigenvalue weighted by atomic mass is 79.9. The molecule has 4 N–H and O–H groups in total. The fraction of sp³-hybridized carbons (Fsp3) is 0.500. The summed E-state index contributed by atoms with van der Waals surface area (Å²) in [5.74, 6) is 0.106. The summed E-state index contributed by atoms with van der Waals surface area (Å²) in [4.78, 5) is 2.26. The molecule has 6 heteroatoms. The highest BCUT2D eigenvalue weighted by Gasteiger charge is 2.27. The second-order valence-electron chi connectivity index (χ2n) is 5.00. The van der Waals surface area contributed by atoms with E-state index in [1.165, 1.54) is 6.42 Å². The number of halogens is 1. The van der Waals surface area contributed by atoms with Gasteiger partial charge in [-0.25, -0.2) is 0 Å². The van der Waals surface area contributed by atoms with Gasteiger partial charge in [0.1, 0.15) is 0 Å². The summed E-state index contributed by atoms with van der Waals surface area (Å²) in [6, 6.07) is 6.27. The van der Waals surface area contributed by atoms with Crippen molar-refractivity contribution in [1.29, 1.82) is 0 Å². The van der Waals surface area contributed by atoms with E-state index >= 15 is 0 Å². The van der Waals surface area contributed by atoms with Crippen molar-refractivity contribution >= 4 is 27.5 Å². The highest BCUT2D eigenvalue weighted by molar-refractivity contribution is 9.10. The van der Waals surface area contributed by atoms with Crippen molar-refractivity contribution in [2.45, 2.75) is 31.7 Å². The SMILES string of the molecule is N/C(=N/O)c1cc(Br)ccc1N(CCCO)C1CCC1. The number of amidine groups is 1. The molecule has 20 heavy (non-hydrogen) atoms. The van der Waals surface area contributed by atoms with Crippen molar-refractivity contribution in [2.24, 2.45) is 10.9 Å². The molecule has 1 aliphatic rings. The van der Waals surface area contributed by atoms with Gasteiger partial charge in [-0.15, -0.1) is 0 Å². The van der Waals surface area contributed by atoms with E-state index in [1.54, 1.807) is 0 Å². The number of nitrogens with two attached hydrogens (primary N) is 1. The number of anilines is 1. The normalized spacial score (nSPS) is 16.0. The molecule has 1 saturated carbocycles. The Bertz CT molecular complexity index is 489. The Labute approximate surface area is 127 Å². The van der Waals surface area contributed by atoms with Gasteiger partial charge in [-0.1, -0.05) is 21.1 Å². The third-order valence-electron chi connectivity index (χ3n) is 3.72. The summed E-state index contributed by atoms with van der Waals surface area (Å²) in [6.07, 6.45) is 4.24. The number of aliphatic hydroxyl groups excluding tert-OH is 1. The van der Waals surface area contributed by atoms with E-state index in [9.17, 15) is 0 Å². The number of hydrogen-bond acceptors (Lipinski definition) is 4. The smallest absolute Gasteiger partial charge is 0.172 e. The Kier molecular flexibility index (Phi) is 5.25. The third kappa shape index (κ3) is 3.24. The third-order valence-corrected chi connectivity index (χ3v) is 4.22. The summed E-state index contributed by atoms with van der Waals surface area (Å²) < 4.78 is 0.888. The van der Waals surface area contributed by atoms with Gasteiger partial charge < -0.3 is 20.9 Å². The number of rotatable bonds is 6. The van der Waals surface area contributed by atoms with Crippen LogP contribution in [0, 0.1) is 0 Å². The van der Waals surface area contributed by atoms with Gasteiger partial charge in [0.25, 0.3) is 0 Å². The van der Waals surface area contributed by atoms with Crippen LogP contribution >= 0.6 is 15.9 Å². The van der Waals surface area contributed by atoms with E-state index < -0.39 is 0 Å². The minimum atomic E-state index is 0.106. The zero-order valence-corrected chi connectivity index (χ0v) is 12.9. The molecule has 0 unspecified atom stereocenters. The minimum Gasteiger partial charge on any atom is -0.409 e. The van der Waals surface area contributed by atoms with Crippen molar-refractivity contribution in [3.05, 3.63) is 28.2 Å². The molecule has 2 rings (SSSR count). The first-order valence-electron chi connectivity index (χ1n) is 6.82. The average molecular weight is 342 g/mol. The lowest BCUT2D eigenvalue weighted by Crippen LogP contribution is -2.42. The zero-order chi connectivity index (χ0) is 14.5. The van der Waals surface area contributed by atoms with Crippen molar-refractivity contribution in [3.8, 4) is 0 Å². The molecule has 0 atom stereocenters. The van der Waals surface area contributed by atoms with Gasteiger partial charge in [0.15, 0.2) is 5.84 Å². The van der Waals surface area contributed by atoms with E-state index in [1.807, 2.05) is 18.2 Å². The van der Waals surface area contributed by atoms with Crippen LogP contribution in [-0.2, 0) is 0 Å². The van der Waals surface area contributed by atoms with Gasteiger partial charge in [0.2, 0.25) is 0 Å². The Morgan fingerprint density at radius 1 is 1.45 bits per heavy atom. The van der Waals surface area contributed by atoms with E-state index in [2.05, 4.69) is 26.0 Å². The molecule has 0 saturated heterocycles. The number of hydrogen-bond donors (Lipinski definition) is 3. The van der Waals surface area contributed by atoms with Crippen LogP contribution in [-0.4, -0.2) is 35.3 Å². The summed E-state index contributed by atoms with van der Waals surface area (Å²) >= 11 is 3.41. The van der Waals surface area contributed by atoms with Crippen molar-refractivity contribution in [2.75, 3.05) is 18.1 Å². The Balaban J connectivity index is 2.35. The highest BCUT2D eigenvalue weighted by Crippen LogP contribution is 2.33. The summed E-state index contributed by atoms with van der Waals surface area (Å²) in [6.45, 7) is 0.938. The molecule has 1 aromatic rings. The topological polar surface area (TPSA) is 82.1 Å². The van der Waals surface area contributed by atoms with Crippen LogP contribution in [0.4, 0.5) is 5.69 Å². The Hall–Kier alpha value is -1.27. The van der Waals surface area contributed by atoms with Crippen LogP contribution in [0.25, 0.3) is 0 Å². The molecule has 1 fully saturated rings. The summed E-state index contributed by atoms with van der Waals surface area (Å²) in [5, 5.41) is 21.2. The molecule has 0 spiro atoms. The van der Waals surface area contributed by atoms with E-state index in [0.717, 1.165) is 29.5 Å². The second-order valence-corrected chi connectivity index (χ2v) is 5.92. The zero-order valence-electron chi connectivity index (χ0n) is 11.3. The number of benzene rings is 1. The molecule has 0 amide bonds. The lowest BCUT2D eigenvalue weighted by molar-refractivity contribution is 0.283. The lowest BCUT2D eigenvalue weighted by atomic mass is 9.90. The van der Waals surface area contributed by atoms with Crippen molar-refractivity contribution in [3.63, 3.8) is 0 Å². The first kappa shape index (κ1) is 15.1. The fourth-order valence-corrected chi connectivity index (χ4v) is 2.82. The van der Waals surface area contributed by atoms with Crippen LogP contribution < -0.4 is 10.6 Å². The van der Waals surface area contributed by atoms with E-state index in [-0.39, 0.29) is 12.4 Å². The molecule has 0 bridgehead atoms. The Morgan fingerprint density at radius 3 is 2.75 bits per heavy atom. The molecule has 0 aromatic heterocycles. The first-order valence-corrected chi connectivity index (χ1v) is 7.61. The van der Waals surface area contributed by atoms with Gasteiger partial charge in [-0.3, -0.25) is 0 Å². The molecule has 0 aliphatic heterocycles. The first-order chi connectivity index (χ1) is 9.67. The standard InChI is InChI=1S/C14H20BrN3O2/c15-10-5-6-13(12(9-10)14(16)17-20)18(7-2-8-19)11-3-1-4-11/h5-6,9,11,19-20H,1-4,7-8H2,(H2,16,17). The van der Waals surface area contributed by atoms with E-state index in [4.69, 9.17) is 16.0 Å². The largest absolute Gasteiger partial charge is 0.409 e. The molecule has 1 aliphatic carbocycles. The Morgan fingerprint density at radius 2 is 2.20 bits per heavy atom. The molecular weight excluding hydrogens is 322 g/mol. The van der Waals surface area contributed by atoms with Crippen LogP contribution in [0.3, 0.4) is 0 Å². The number of oxime groups is 1. The fourth-order valence-electron chi connectivity index (χ4n) is 2.46. The van der Waals surface area contributed by atoms with Gasteiger partial charge in [-0.2, -0.15) is 0 Å². The van der Waals surface area contributed by atoms with Gasteiger partial charge in [0.05, 0.1) is 0 Å². The molecule has 5 nitrogen and oxygen atoms in total. The second kappa shape index (κ2) is 6.95. The maximum atomic E-state index is 9.08. The molecule has 0 heterocycles. The monoisotopic (exact) mass is 341 g/mol. The average Bonchev–Trinajstić information content (AvgIpc) is 2.40. The van der Waals surface area contributed by atoms with Crippen molar-refractivity contribution < 1.29 is 10.3 Å². The summed E-state index contributed by atoms with van der Waals surface area (Å²) in [7, 11) is 0. The predicted octanol–water partition coefficient (Wildman–Crippen LogP) is 2.28. The van der Waals surface area contributed by atoms with Crippen LogP contribution in [0.2, 0.25) is 0 Å². The quantitative estimate of drug-likeness (QED) is 0.321. The molecular formula is C14H20BrN3O2. The molecule has 0 radical (unpaired) electrons. The number of nitrogens with zero attached hydrogens (tertiary/aromatic N) is 2. The summed E-state index contributed by atoms with van der Waals surface area (Å²) in [5.41, 5.74) is 7.47. The van der Waals surface area contributed by atoms with Gasteiger partial charge >= 0.3 is 0 Å². The maximum Gasteiger partial charge on any atom is 0.172 e. The minimum absolute atomic E-state index is 0.106. The maximum absolute atomic E-state index is 9.08. The van der Waals surface area contributed by atoms with Gasteiger partial charge in [0, 0.05) is 34.9 Å². The van der Waals surface area contributed by atoms with Crippen LogP contribution in [0.5, 0.6) is 0 Å². The predicted molar refractivity (Wildman–Crippen MR) is 83.3 cm³/mol. The number of aliphatic hydroxyl groups is 1. The lowest BCUT2D eigenvalue weighted by Gasteiger charge is -2.40. The van der Waals surface area contributed by atoms with Gasteiger partial charge in [-0.05, 0) is 43.9 Å². The van der Waals surface area contributed by atoms with Crippen molar-refractivity contribution in [1.82, 2.24) is 0 Å². The van der Waals surface area contributed by atoms with E-state index in [0.29, 0.717) is 18.0 Å². The van der Waals surface area contributed by atoms with Crippen LogP contribution in [0.1, 0.15) is 31.2 Å². The van der Waals surface area contributed by atoms with Crippen LogP contribution in [0.15, 0.2) is 27.8 Å². The molecule has 1 aromatic carbocycles.